The van der Waals surface area contributed by atoms with E-state index < -0.39 is 0 Å². The zero-order chi connectivity index (χ0) is 14.1. The van der Waals surface area contributed by atoms with Gasteiger partial charge in [-0.1, -0.05) is 34.1 Å². The van der Waals surface area contributed by atoms with Gasteiger partial charge < -0.3 is 5.32 Å². The van der Waals surface area contributed by atoms with Crippen molar-refractivity contribution >= 4 is 0 Å². The van der Waals surface area contributed by atoms with Gasteiger partial charge in [-0.2, -0.15) is 5.10 Å². The quantitative estimate of drug-likeness (QED) is 0.652. The first-order valence-corrected chi connectivity index (χ1v) is 7.99. The Morgan fingerprint density at radius 2 is 1.89 bits per heavy atom. The molecule has 1 atom stereocenters. The van der Waals surface area contributed by atoms with Gasteiger partial charge in [-0.3, -0.25) is 4.68 Å². The molecule has 1 N–H and O–H groups in total. The summed E-state index contributed by atoms with van der Waals surface area (Å²) in [4.78, 5) is 0. The van der Waals surface area contributed by atoms with Crippen molar-refractivity contribution in [1.29, 1.82) is 0 Å². The molecular formula is C16H31N3. The van der Waals surface area contributed by atoms with E-state index in [-0.39, 0.29) is 0 Å². The molecule has 1 unspecified atom stereocenters. The summed E-state index contributed by atoms with van der Waals surface area (Å²) in [6.45, 7) is 11.2. The summed E-state index contributed by atoms with van der Waals surface area (Å²) >= 11 is 0. The number of hydrogen-bond donors (Lipinski definition) is 1. The van der Waals surface area contributed by atoms with Crippen LogP contribution in [0.1, 0.15) is 65.1 Å². The van der Waals surface area contributed by atoms with Crippen LogP contribution in [0, 0.1) is 5.92 Å². The van der Waals surface area contributed by atoms with Crippen molar-refractivity contribution in [2.75, 3.05) is 13.1 Å². The summed E-state index contributed by atoms with van der Waals surface area (Å²) in [5.74, 6) is 0.705. The Kier molecular flexibility index (Phi) is 7.80. The van der Waals surface area contributed by atoms with Gasteiger partial charge in [0.2, 0.25) is 0 Å². The Labute approximate surface area is 118 Å². The molecule has 3 heteroatoms. The average Bonchev–Trinajstić information content (AvgIpc) is 2.88. The van der Waals surface area contributed by atoms with E-state index in [2.05, 4.69) is 50.0 Å². The van der Waals surface area contributed by atoms with Crippen LogP contribution in [0.4, 0.5) is 0 Å². The Morgan fingerprint density at radius 1 is 1.16 bits per heavy atom. The third-order valence-electron chi connectivity index (χ3n) is 3.92. The second-order valence-corrected chi connectivity index (χ2v) is 5.44. The van der Waals surface area contributed by atoms with E-state index in [1.54, 1.807) is 0 Å². The standard InChI is InChI=1S/C16H31N3/c1-5-10-17-13-14(6-2)12-15-9-11-19(18-15)16(7-3)8-4/h9,11,14,16-17H,5-8,10,12-13H2,1-4H3. The van der Waals surface area contributed by atoms with Crippen molar-refractivity contribution in [2.45, 2.75) is 65.8 Å². The van der Waals surface area contributed by atoms with E-state index in [1.165, 1.54) is 18.5 Å². The van der Waals surface area contributed by atoms with Crippen LogP contribution in [0.2, 0.25) is 0 Å². The lowest BCUT2D eigenvalue weighted by Crippen LogP contribution is -2.24. The molecule has 0 aliphatic rings. The molecule has 0 spiro atoms. The summed E-state index contributed by atoms with van der Waals surface area (Å²) in [6, 6.07) is 2.76. The number of hydrogen-bond acceptors (Lipinski definition) is 2. The topological polar surface area (TPSA) is 29.9 Å². The summed E-state index contributed by atoms with van der Waals surface area (Å²) < 4.78 is 2.15. The molecule has 0 aromatic carbocycles. The maximum absolute atomic E-state index is 4.76. The third-order valence-corrected chi connectivity index (χ3v) is 3.92. The number of rotatable bonds is 10. The van der Waals surface area contributed by atoms with Crippen LogP contribution in [-0.4, -0.2) is 22.9 Å². The average molecular weight is 265 g/mol. The van der Waals surface area contributed by atoms with E-state index >= 15 is 0 Å². The second-order valence-electron chi connectivity index (χ2n) is 5.44. The summed E-state index contributed by atoms with van der Waals surface area (Å²) in [6.07, 6.45) is 7.99. The van der Waals surface area contributed by atoms with Crippen LogP contribution >= 0.6 is 0 Å². The van der Waals surface area contributed by atoms with Crippen molar-refractivity contribution in [2.24, 2.45) is 5.92 Å². The van der Waals surface area contributed by atoms with Crippen molar-refractivity contribution in [3.05, 3.63) is 18.0 Å². The van der Waals surface area contributed by atoms with E-state index in [4.69, 9.17) is 5.10 Å². The fourth-order valence-corrected chi connectivity index (χ4v) is 2.49. The molecule has 110 valence electrons. The van der Waals surface area contributed by atoms with Gasteiger partial charge in [0.15, 0.2) is 0 Å². The van der Waals surface area contributed by atoms with Crippen LogP contribution in [0.15, 0.2) is 12.3 Å². The minimum Gasteiger partial charge on any atom is -0.316 e. The molecule has 1 rings (SSSR count). The molecule has 0 aliphatic carbocycles. The van der Waals surface area contributed by atoms with Gasteiger partial charge >= 0.3 is 0 Å². The van der Waals surface area contributed by atoms with Crippen LogP contribution < -0.4 is 5.32 Å². The lowest BCUT2D eigenvalue weighted by Gasteiger charge is -2.15. The highest BCUT2D eigenvalue weighted by atomic mass is 15.3. The molecule has 1 heterocycles. The van der Waals surface area contributed by atoms with Gasteiger partial charge in [-0.25, -0.2) is 0 Å². The monoisotopic (exact) mass is 265 g/mol. The third kappa shape index (κ3) is 5.35. The van der Waals surface area contributed by atoms with E-state index in [9.17, 15) is 0 Å². The predicted molar refractivity (Wildman–Crippen MR) is 82.5 cm³/mol. The molecule has 0 fully saturated rings. The minimum absolute atomic E-state index is 0.562. The molecule has 3 nitrogen and oxygen atoms in total. The first kappa shape index (κ1) is 16.2. The van der Waals surface area contributed by atoms with E-state index in [0.717, 1.165) is 32.4 Å². The Balaban J connectivity index is 2.50. The molecule has 0 saturated heterocycles. The fraction of sp³-hybridized carbons (Fsp3) is 0.812. The van der Waals surface area contributed by atoms with Crippen molar-refractivity contribution in [1.82, 2.24) is 15.1 Å². The van der Waals surface area contributed by atoms with Crippen LogP contribution in [0.25, 0.3) is 0 Å². The molecule has 0 aliphatic heterocycles. The summed E-state index contributed by atoms with van der Waals surface area (Å²) in [5, 5.41) is 8.28. The van der Waals surface area contributed by atoms with Crippen molar-refractivity contribution in [3.63, 3.8) is 0 Å². The van der Waals surface area contributed by atoms with Gasteiger partial charge in [0, 0.05) is 6.20 Å². The van der Waals surface area contributed by atoms with Gasteiger partial charge in [0.05, 0.1) is 11.7 Å². The molecule has 1 aromatic heterocycles. The normalized spacial score (nSPS) is 13.1. The van der Waals surface area contributed by atoms with Gasteiger partial charge in [-0.15, -0.1) is 0 Å². The highest BCUT2D eigenvalue weighted by molar-refractivity contribution is 5.01. The molecule has 1 aromatic rings. The predicted octanol–water partition coefficient (Wildman–Crippen LogP) is 3.81. The van der Waals surface area contributed by atoms with Crippen LogP contribution in [0.5, 0.6) is 0 Å². The lowest BCUT2D eigenvalue weighted by atomic mass is 10.0. The van der Waals surface area contributed by atoms with E-state index in [1.807, 2.05) is 0 Å². The van der Waals surface area contributed by atoms with Crippen LogP contribution in [0.3, 0.4) is 0 Å². The summed E-state index contributed by atoms with van der Waals surface area (Å²) in [5.41, 5.74) is 1.25. The number of nitrogens with one attached hydrogen (secondary N) is 1. The van der Waals surface area contributed by atoms with Gasteiger partial charge in [0.25, 0.3) is 0 Å². The maximum atomic E-state index is 4.76. The Morgan fingerprint density at radius 3 is 2.47 bits per heavy atom. The number of aromatic nitrogens is 2. The molecule has 0 amide bonds. The minimum atomic E-state index is 0.562. The highest BCUT2D eigenvalue weighted by Gasteiger charge is 2.12. The molecule has 0 bridgehead atoms. The first-order valence-electron chi connectivity index (χ1n) is 7.99. The van der Waals surface area contributed by atoms with Crippen molar-refractivity contribution in [3.8, 4) is 0 Å². The zero-order valence-electron chi connectivity index (χ0n) is 13.2. The van der Waals surface area contributed by atoms with Crippen LogP contribution in [-0.2, 0) is 6.42 Å². The Hall–Kier alpha value is -0.830. The second kappa shape index (κ2) is 9.13. The highest BCUT2D eigenvalue weighted by Crippen LogP contribution is 2.16. The largest absolute Gasteiger partial charge is 0.316 e. The van der Waals surface area contributed by atoms with Gasteiger partial charge in [-0.05, 0) is 50.8 Å². The Bertz CT molecular complexity index is 328. The first-order chi connectivity index (χ1) is 9.24. The molecular weight excluding hydrogens is 234 g/mol. The molecule has 0 radical (unpaired) electrons. The van der Waals surface area contributed by atoms with Gasteiger partial charge in [0.1, 0.15) is 0 Å². The fourth-order valence-electron chi connectivity index (χ4n) is 2.49. The summed E-state index contributed by atoms with van der Waals surface area (Å²) in [7, 11) is 0. The van der Waals surface area contributed by atoms with E-state index in [0.29, 0.717) is 12.0 Å². The molecule has 0 saturated carbocycles. The molecule has 19 heavy (non-hydrogen) atoms. The maximum Gasteiger partial charge on any atom is 0.0627 e. The zero-order valence-corrected chi connectivity index (χ0v) is 13.2. The van der Waals surface area contributed by atoms with Crippen molar-refractivity contribution < 1.29 is 0 Å². The number of nitrogens with zero attached hydrogens (tertiary/aromatic N) is 2. The lowest BCUT2D eigenvalue weighted by molar-refractivity contribution is 0.415. The SMILES string of the molecule is CCCNCC(CC)Cc1ccn(C(CC)CC)n1. The smallest absolute Gasteiger partial charge is 0.0627 e.